The number of nitrogens with one attached hydrogen (secondary N) is 1. The molecular formula is C28H32N4O3. The standard InChI is InChI=1S/C28H32N4O3/c33-26-3-1-2-23(26)19-9-13-32(14-10-19)15-11-21-18-34-27-16-22(5-6-24(21)27)35-28-7-4-20(17-29-28)25-8-12-30-31-25/h4-8,12,16-17,19,21,23H,1-3,9-11,13-15,18H2,(H,30,31). The van der Waals surface area contributed by atoms with Gasteiger partial charge in [-0.05, 0) is 75.9 Å². The van der Waals surface area contributed by atoms with Gasteiger partial charge in [0.2, 0.25) is 5.88 Å². The largest absolute Gasteiger partial charge is 0.493 e. The molecule has 1 saturated carbocycles. The van der Waals surface area contributed by atoms with Gasteiger partial charge in [0.1, 0.15) is 17.3 Å². The Bertz CT molecular complexity index is 1150. The number of pyridine rings is 1. The molecule has 2 atom stereocenters. The van der Waals surface area contributed by atoms with Gasteiger partial charge in [-0.15, -0.1) is 0 Å². The van der Waals surface area contributed by atoms with E-state index in [0.29, 0.717) is 29.4 Å². The van der Waals surface area contributed by atoms with Crippen LogP contribution in [0.3, 0.4) is 0 Å². The summed E-state index contributed by atoms with van der Waals surface area (Å²) in [5.41, 5.74) is 3.16. The highest BCUT2D eigenvalue weighted by Gasteiger charge is 2.34. The molecule has 2 aliphatic heterocycles. The molecule has 4 heterocycles. The first kappa shape index (κ1) is 22.3. The maximum absolute atomic E-state index is 12.1. The minimum Gasteiger partial charge on any atom is -0.493 e. The molecule has 3 aliphatic rings. The number of rotatable bonds is 7. The second-order valence-electron chi connectivity index (χ2n) is 10.1. The summed E-state index contributed by atoms with van der Waals surface area (Å²) in [5, 5.41) is 6.91. The number of likely N-dealkylation sites (tertiary alicyclic amines) is 1. The van der Waals surface area contributed by atoms with Crippen LogP contribution >= 0.6 is 0 Å². The van der Waals surface area contributed by atoms with Crippen LogP contribution < -0.4 is 9.47 Å². The molecule has 1 aromatic carbocycles. The Labute approximate surface area is 205 Å². The maximum Gasteiger partial charge on any atom is 0.219 e. The number of fused-ring (bicyclic) bond motifs is 1. The molecule has 1 N–H and O–H groups in total. The Morgan fingerprint density at radius 2 is 2.03 bits per heavy atom. The zero-order valence-electron chi connectivity index (χ0n) is 20.0. The number of aromatic nitrogens is 3. The molecule has 1 aliphatic carbocycles. The van der Waals surface area contributed by atoms with Crippen molar-refractivity contribution in [2.24, 2.45) is 11.8 Å². The summed E-state index contributed by atoms with van der Waals surface area (Å²) in [6.07, 6.45) is 9.98. The second-order valence-corrected chi connectivity index (χ2v) is 10.1. The van der Waals surface area contributed by atoms with E-state index in [1.54, 1.807) is 12.4 Å². The van der Waals surface area contributed by atoms with Crippen molar-refractivity contribution in [2.75, 3.05) is 26.2 Å². The van der Waals surface area contributed by atoms with Crippen LogP contribution in [0.1, 0.15) is 50.0 Å². The molecule has 0 radical (unpaired) electrons. The molecule has 2 fully saturated rings. The van der Waals surface area contributed by atoms with Gasteiger partial charge in [0.25, 0.3) is 0 Å². The van der Waals surface area contributed by atoms with Gasteiger partial charge >= 0.3 is 0 Å². The number of carbonyl (C=O) groups is 1. The Kier molecular flexibility index (Phi) is 6.25. The normalized spacial score (nSPS) is 22.8. The van der Waals surface area contributed by atoms with E-state index in [0.717, 1.165) is 74.7 Å². The number of carbonyl (C=O) groups excluding carboxylic acids is 1. The fourth-order valence-electron chi connectivity index (χ4n) is 5.96. The van der Waals surface area contributed by atoms with Crippen LogP contribution in [0.5, 0.6) is 17.4 Å². The van der Waals surface area contributed by atoms with E-state index < -0.39 is 0 Å². The summed E-state index contributed by atoms with van der Waals surface area (Å²) in [5.74, 6) is 4.10. The SMILES string of the molecule is O=C1CCCC1C1CCN(CCC2COc3cc(Oc4ccc(-c5ccn[nH]5)cn4)ccc32)CC1. The molecule has 2 aromatic heterocycles. The number of ketones is 1. The van der Waals surface area contributed by atoms with Crippen LogP contribution in [0.4, 0.5) is 0 Å². The Morgan fingerprint density at radius 3 is 2.77 bits per heavy atom. The fraction of sp³-hybridized carbons (Fsp3) is 0.464. The van der Waals surface area contributed by atoms with Crippen LogP contribution in [-0.2, 0) is 4.79 Å². The van der Waals surface area contributed by atoms with E-state index in [9.17, 15) is 4.79 Å². The molecule has 2 unspecified atom stereocenters. The molecule has 35 heavy (non-hydrogen) atoms. The highest BCUT2D eigenvalue weighted by atomic mass is 16.5. The third kappa shape index (κ3) is 4.82. The zero-order valence-corrected chi connectivity index (χ0v) is 20.0. The molecule has 0 bridgehead atoms. The van der Waals surface area contributed by atoms with Gasteiger partial charge in [-0.1, -0.05) is 6.07 Å². The lowest BCUT2D eigenvalue weighted by Crippen LogP contribution is -2.38. The minimum absolute atomic E-state index is 0.355. The van der Waals surface area contributed by atoms with Crippen molar-refractivity contribution >= 4 is 5.78 Å². The number of ether oxygens (including phenoxy) is 2. The lowest BCUT2D eigenvalue weighted by molar-refractivity contribution is -0.122. The molecule has 7 heteroatoms. The molecule has 0 spiro atoms. The van der Waals surface area contributed by atoms with Gasteiger partial charge in [0, 0.05) is 53.9 Å². The van der Waals surface area contributed by atoms with E-state index in [1.165, 1.54) is 18.4 Å². The smallest absolute Gasteiger partial charge is 0.219 e. The molecule has 7 nitrogen and oxygen atoms in total. The summed E-state index contributed by atoms with van der Waals surface area (Å²) in [4.78, 5) is 19.1. The number of Topliss-reactive ketones (excluding diaryl/α,β-unsaturated/α-hetero) is 1. The van der Waals surface area contributed by atoms with E-state index in [-0.39, 0.29) is 0 Å². The number of hydrogen-bond donors (Lipinski definition) is 1. The average Bonchev–Trinajstić information content (AvgIpc) is 3.65. The van der Waals surface area contributed by atoms with Crippen molar-refractivity contribution < 1.29 is 14.3 Å². The van der Waals surface area contributed by atoms with Gasteiger partial charge in [0.15, 0.2) is 0 Å². The second kappa shape index (κ2) is 9.82. The van der Waals surface area contributed by atoms with Crippen LogP contribution in [0.15, 0.2) is 48.8 Å². The maximum atomic E-state index is 12.1. The van der Waals surface area contributed by atoms with Crippen molar-refractivity contribution in [1.82, 2.24) is 20.1 Å². The first-order chi connectivity index (χ1) is 17.2. The predicted molar refractivity (Wildman–Crippen MR) is 133 cm³/mol. The van der Waals surface area contributed by atoms with Crippen LogP contribution in [0.2, 0.25) is 0 Å². The number of piperidine rings is 1. The van der Waals surface area contributed by atoms with Crippen molar-refractivity contribution in [3.05, 3.63) is 54.4 Å². The number of nitrogens with zero attached hydrogens (tertiary/aromatic N) is 3. The van der Waals surface area contributed by atoms with Crippen molar-refractivity contribution in [1.29, 1.82) is 0 Å². The summed E-state index contributed by atoms with van der Waals surface area (Å²) in [6, 6.07) is 11.9. The Morgan fingerprint density at radius 1 is 1.11 bits per heavy atom. The number of benzene rings is 1. The van der Waals surface area contributed by atoms with Gasteiger partial charge < -0.3 is 14.4 Å². The summed E-state index contributed by atoms with van der Waals surface area (Å²) >= 11 is 0. The fourth-order valence-corrected chi connectivity index (χ4v) is 5.96. The average molecular weight is 473 g/mol. The van der Waals surface area contributed by atoms with Gasteiger partial charge in [-0.3, -0.25) is 9.89 Å². The summed E-state index contributed by atoms with van der Waals surface area (Å²) in [6.45, 7) is 4.05. The van der Waals surface area contributed by atoms with E-state index in [1.807, 2.05) is 30.3 Å². The van der Waals surface area contributed by atoms with Gasteiger partial charge in [0.05, 0.1) is 12.3 Å². The minimum atomic E-state index is 0.355. The summed E-state index contributed by atoms with van der Waals surface area (Å²) < 4.78 is 12.0. The van der Waals surface area contributed by atoms with E-state index in [2.05, 4.69) is 26.1 Å². The van der Waals surface area contributed by atoms with Crippen molar-refractivity contribution in [3.63, 3.8) is 0 Å². The lowest BCUT2D eigenvalue weighted by atomic mass is 9.82. The van der Waals surface area contributed by atoms with Crippen molar-refractivity contribution in [2.45, 2.75) is 44.4 Å². The highest BCUT2D eigenvalue weighted by Crippen LogP contribution is 2.40. The van der Waals surface area contributed by atoms with E-state index in [4.69, 9.17) is 9.47 Å². The molecule has 1 saturated heterocycles. The molecule has 6 rings (SSSR count). The van der Waals surface area contributed by atoms with Crippen LogP contribution in [0, 0.1) is 11.8 Å². The third-order valence-corrected chi connectivity index (χ3v) is 7.98. The predicted octanol–water partition coefficient (Wildman–Crippen LogP) is 5.21. The third-order valence-electron chi connectivity index (χ3n) is 7.98. The molecule has 3 aromatic rings. The summed E-state index contributed by atoms with van der Waals surface area (Å²) in [7, 11) is 0. The Balaban J connectivity index is 1.01. The molecular weight excluding hydrogens is 440 g/mol. The van der Waals surface area contributed by atoms with Crippen LogP contribution in [0.25, 0.3) is 11.3 Å². The Hall–Kier alpha value is -3.19. The van der Waals surface area contributed by atoms with Gasteiger partial charge in [-0.25, -0.2) is 4.98 Å². The lowest BCUT2D eigenvalue weighted by Gasteiger charge is -2.34. The quantitative estimate of drug-likeness (QED) is 0.508. The number of hydrogen-bond acceptors (Lipinski definition) is 6. The van der Waals surface area contributed by atoms with Gasteiger partial charge in [-0.2, -0.15) is 5.10 Å². The topological polar surface area (TPSA) is 80.3 Å². The monoisotopic (exact) mass is 472 g/mol. The van der Waals surface area contributed by atoms with Crippen molar-refractivity contribution in [3.8, 4) is 28.6 Å². The molecule has 0 amide bonds. The first-order valence-corrected chi connectivity index (χ1v) is 12.9. The number of aromatic amines is 1. The zero-order chi connectivity index (χ0) is 23.6. The van der Waals surface area contributed by atoms with Crippen LogP contribution in [-0.4, -0.2) is 52.1 Å². The number of H-pyrrole nitrogens is 1. The highest BCUT2D eigenvalue weighted by molar-refractivity contribution is 5.83. The molecule has 182 valence electrons. The first-order valence-electron chi connectivity index (χ1n) is 12.9. The van der Waals surface area contributed by atoms with E-state index >= 15 is 0 Å².